The van der Waals surface area contributed by atoms with E-state index in [9.17, 15) is 4.39 Å². The summed E-state index contributed by atoms with van der Waals surface area (Å²) in [5.74, 6) is -0.0197. The Labute approximate surface area is 126 Å². The van der Waals surface area contributed by atoms with E-state index in [1.807, 2.05) is 6.07 Å². The monoisotopic (exact) mass is 343 g/mol. The molecule has 3 rings (SSSR count). The highest BCUT2D eigenvalue weighted by molar-refractivity contribution is 9.10. The van der Waals surface area contributed by atoms with Crippen molar-refractivity contribution in [1.82, 2.24) is 0 Å². The average Bonchev–Trinajstić information content (AvgIpc) is 2.86. The van der Waals surface area contributed by atoms with Crippen LogP contribution in [-0.2, 0) is 9.47 Å². The van der Waals surface area contributed by atoms with Crippen LogP contribution in [0.3, 0.4) is 0 Å². The summed E-state index contributed by atoms with van der Waals surface area (Å²) in [6.07, 6.45) is 2.62. The fraction of sp³-hybridized carbons (Fsp3) is 0.600. The molecule has 2 fully saturated rings. The van der Waals surface area contributed by atoms with Crippen LogP contribution < -0.4 is 5.73 Å². The highest BCUT2D eigenvalue weighted by atomic mass is 79.9. The summed E-state index contributed by atoms with van der Waals surface area (Å²) in [7, 11) is 0. The van der Waals surface area contributed by atoms with Gasteiger partial charge in [-0.2, -0.15) is 0 Å². The van der Waals surface area contributed by atoms with E-state index in [4.69, 9.17) is 15.2 Å². The summed E-state index contributed by atoms with van der Waals surface area (Å²) in [4.78, 5) is 0. The zero-order chi connectivity index (χ0) is 14.2. The lowest BCUT2D eigenvalue weighted by Crippen LogP contribution is -2.43. The molecule has 0 aliphatic carbocycles. The van der Waals surface area contributed by atoms with Crippen molar-refractivity contribution in [2.45, 2.75) is 30.9 Å². The van der Waals surface area contributed by atoms with E-state index >= 15 is 0 Å². The van der Waals surface area contributed by atoms with Crippen LogP contribution in [-0.4, -0.2) is 25.4 Å². The molecule has 3 nitrogen and oxygen atoms in total. The molecule has 0 amide bonds. The highest BCUT2D eigenvalue weighted by Gasteiger charge is 2.43. The summed E-state index contributed by atoms with van der Waals surface area (Å²) in [6, 6.07) is 4.68. The van der Waals surface area contributed by atoms with Crippen LogP contribution >= 0.6 is 15.9 Å². The lowest BCUT2D eigenvalue weighted by atomic mass is 9.79. The summed E-state index contributed by atoms with van der Waals surface area (Å²) in [6.45, 7) is 2.05. The van der Waals surface area contributed by atoms with Gasteiger partial charge in [0.2, 0.25) is 0 Å². The van der Waals surface area contributed by atoms with Crippen LogP contribution in [0.15, 0.2) is 22.7 Å². The summed E-state index contributed by atoms with van der Waals surface area (Å²) in [5.41, 5.74) is 6.74. The molecule has 3 atom stereocenters. The quantitative estimate of drug-likeness (QED) is 0.896. The number of rotatable bonds is 2. The van der Waals surface area contributed by atoms with Gasteiger partial charge in [-0.25, -0.2) is 4.39 Å². The molecule has 0 saturated carbocycles. The fourth-order valence-electron chi connectivity index (χ4n) is 3.30. The van der Waals surface area contributed by atoms with Gasteiger partial charge in [-0.05, 0) is 30.9 Å². The van der Waals surface area contributed by atoms with E-state index in [0.717, 1.165) is 30.3 Å². The highest BCUT2D eigenvalue weighted by Crippen LogP contribution is 2.41. The van der Waals surface area contributed by atoms with Gasteiger partial charge < -0.3 is 15.2 Å². The van der Waals surface area contributed by atoms with E-state index in [1.165, 1.54) is 6.07 Å². The summed E-state index contributed by atoms with van der Waals surface area (Å²) >= 11 is 3.41. The normalized spacial score (nSPS) is 31.6. The minimum atomic E-state index is -0.313. The number of hydrogen-bond donors (Lipinski definition) is 1. The van der Waals surface area contributed by atoms with E-state index < -0.39 is 0 Å². The number of hydrogen-bond acceptors (Lipinski definition) is 3. The topological polar surface area (TPSA) is 44.5 Å². The molecule has 3 unspecified atom stereocenters. The fourth-order valence-corrected chi connectivity index (χ4v) is 3.91. The maximum Gasteiger partial charge on any atom is 0.129 e. The van der Waals surface area contributed by atoms with Gasteiger partial charge in [0.15, 0.2) is 0 Å². The second kappa shape index (κ2) is 5.72. The number of ether oxygens (including phenoxy) is 2. The molecule has 1 aromatic carbocycles. The Morgan fingerprint density at radius 2 is 2.25 bits per heavy atom. The molecule has 1 spiro atoms. The van der Waals surface area contributed by atoms with E-state index in [-0.39, 0.29) is 23.4 Å². The Bertz CT molecular complexity index is 471. The van der Waals surface area contributed by atoms with Gasteiger partial charge in [-0.3, -0.25) is 0 Å². The largest absolute Gasteiger partial charge is 0.378 e. The van der Waals surface area contributed by atoms with Crippen molar-refractivity contribution in [2.75, 3.05) is 19.8 Å². The molecule has 2 aliphatic heterocycles. The molecule has 2 N–H and O–H groups in total. The molecule has 2 saturated heterocycles. The zero-order valence-electron chi connectivity index (χ0n) is 11.3. The third-order valence-corrected chi connectivity index (χ3v) is 5.13. The van der Waals surface area contributed by atoms with Crippen molar-refractivity contribution in [1.29, 1.82) is 0 Å². The number of benzene rings is 1. The lowest BCUT2D eigenvalue weighted by molar-refractivity contribution is -0.101. The van der Waals surface area contributed by atoms with Crippen molar-refractivity contribution in [3.8, 4) is 0 Å². The van der Waals surface area contributed by atoms with Crippen molar-refractivity contribution in [3.05, 3.63) is 34.1 Å². The molecule has 5 heteroatoms. The smallest absolute Gasteiger partial charge is 0.129 e. The van der Waals surface area contributed by atoms with Crippen LogP contribution in [0.25, 0.3) is 0 Å². The predicted molar refractivity (Wildman–Crippen MR) is 77.9 cm³/mol. The SMILES string of the molecule is NC(c1c(F)cccc1Br)C1CCOC2(CCOC2)C1. The van der Waals surface area contributed by atoms with Crippen LogP contribution in [0.5, 0.6) is 0 Å². The molecule has 110 valence electrons. The molecule has 0 radical (unpaired) electrons. The summed E-state index contributed by atoms with van der Waals surface area (Å²) < 4.78 is 26.2. The van der Waals surface area contributed by atoms with Gasteiger partial charge in [0.1, 0.15) is 5.82 Å². The third kappa shape index (κ3) is 2.64. The molecule has 0 aromatic heterocycles. The first kappa shape index (κ1) is 14.4. The van der Waals surface area contributed by atoms with Gasteiger partial charge in [0, 0.05) is 35.7 Å². The van der Waals surface area contributed by atoms with E-state index in [0.29, 0.717) is 18.8 Å². The molecule has 2 heterocycles. The molecule has 1 aromatic rings. The Kier molecular flexibility index (Phi) is 4.13. The number of halogens is 2. The first-order valence-electron chi connectivity index (χ1n) is 7.02. The minimum absolute atomic E-state index is 0.196. The van der Waals surface area contributed by atoms with E-state index in [1.54, 1.807) is 6.07 Å². The van der Waals surface area contributed by atoms with E-state index in [2.05, 4.69) is 15.9 Å². The first-order chi connectivity index (χ1) is 9.61. The third-order valence-electron chi connectivity index (χ3n) is 4.44. The van der Waals surface area contributed by atoms with Crippen molar-refractivity contribution < 1.29 is 13.9 Å². The molecule has 0 bridgehead atoms. The van der Waals surface area contributed by atoms with Gasteiger partial charge in [-0.15, -0.1) is 0 Å². The van der Waals surface area contributed by atoms with Crippen LogP contribution in [0.1, 0.15) is 30.9 Å². The van der Waals surface area contributed by atoms with Gasteiger partial charge >= 0.3 is 0 Å². The average molecular weight is 344 g/mol. The Morgan fingerprint density at radius 3 is 2.95 bits per heavy atom. The van der Waals surface area contributed by atoms with Crippen LogP contribution in [0.2, 0.25) is 0 Å². The zero-order valence-corrected chi connectivity index (χ0v) is 12.9. The first-order valence-corrected chi connectivity index (χ1v) is 7.82. The second-order valence-electron chi connectivity index (χ2n) is 5.75. The maximum absolute atomic E-state index is 14.1. The molecular formula is C15H19BrFNO2. The lowest BCUT2D eigenvalue weighted by Gasteiger charge is -2.39. The summed E-state index contributed by atoms with van der Waals surface area (Å²) in [5, 5.41) is 0. The Hall–Kier alpha value is -0.490. The number of nitrogens with two attached hydrogens (primary N) is 1. The van der Waals surface area contributed by atoms with Gasteiger partial charge in [0.25, 0.3) is 0 Å². The van der Waals surface area contributed by atoms with Crippen molar-refractivity contribution in [3.63, 3.8) is 0 Å². The van der Waals surface area contributed by atoms with Crippen LogP contribution in [0.4, 0.5) is 4.39 Å². The predicted octanol–water partition coefficient (Wildman–Crippen LogP) is 3.17. The molecular weight excluding hydrogens is 325 g/mol. The molecule has 2 aliphatic rings. The van der Waals surface area contributed by atoms with Crippen LogP contribution in [0, 0.1) is 11.7 Å². The minimum Gasteiger partial charge on any atom is -0.378 e. The van der Waals surface area contributed by atoms with Gasteiger partial charge in [0.05, 0.1) is 12.2 Å². The Balaban J connectivity index is 1.81. The standard InChI is InChI=1S/C15H19BrFNO2/c16-11-2-1-3-12(17)13(11)14(18)10-4-6-20-15(8-10)5-7-19-9-15/h1-3,10,14H,4-9,18H2. The van der Waals surface area contributed by atoms with Crippen molar-refractivity contribution >= 4 is 15.9 Å². The Morgan fingerprint density at radius 1 is 1.40 bits per heavy atom. The maximum atomic E-state index is 14.1. The second-order valence-corrected chi connectivity index (χ2v) is 6.60. The van der Waals surface area contributed by atoms with Crippen molar-refractivity contribution in [2.24, 2.45) is 11.7 Å². The van der Waals surface area contributed by atoms with Gasteiger partial charge in [-0.1, -0.05) is 22.0 Å². The molecule has 20 heavy (non-hydrogen) atoms.